The van der Waals surface area contributed by atoms with Gasteiger partial charge in [-0.15, -0.1) is 0 Å². The minimum Gasteiger partial charge on any atom is -0.390 e. The van der Waals surface area contributed by atoms with Crippen LogP contribution in [0.5, 0.6) is 0 Å². The number of hydrogen-bond donors (Lipinski definition) is 4. The van der Waals surface area contributed by atoms with Gasteiger partial charge in [0.1, 0.15) is 11.9 Å². The Bertz CT molecular complexity index is 1330. The molecule has 2 atom stereocenters. The number of aryl methyl sites for hydroxylation is 1. The Kier molecular flexibility index (Phi) is 9.62. The van der Waals surface area contributed by atoms with Crippen LogP contribution in [-0.2, 0) is 27.2 Å². The third-order valence-electron chi connectivity index (χ3n) is 6.98. The maximum Gasteiger partial charge on any atom is 0.243 e. The molecule has 0 saturated carbocycles. The number of halogens is 1. The van der Waals surface area contributed by atoms with E-state index in [1.165, 1.54) is 17.0 Å². The molecule has 0 aromatic heterocycles. The van der Waals surface area contributed by atoms with E-state index in [0.717, 1.165) is 41.2 Å². The van der Waals surface area contributed by atoms with Gasteiger partial charge in [-0.05, 0) is 53.3 Å². The molecular weight excluding hydrogens is 499 g/mol. The van der Waals surface area contributed by atoms with Crippen molar-refractivity contribution in [1.82, 2.24) is 10.6 Å². The summed E-state index contributed by atoms with van der Waals surface area (Å²) in [6.07, 6.45) is 1.89. The van der Waals surface area contributed by atoms with Crippen LogP contribution in [0.3, 0.4) is 0 Å². The molecule has 0 fully saturated rings. The average Bonchev–Trinajstić information content (AvgIpc) is 2.93. The summed E-state index contributed by atoms with van der Waals surface area (Å²) in [6, 6.07) is 17.2. The second kappa shape index (κ2) is 13.3. The lowest BCUT2D eigenvalue weighted by atomic mass is 10.00. The van der Waals surface area contributed by atoms with Gasteiger partial charge in [0.2, 0.25) is 17.7 Å². The van der Waals surface area contributed by atoms with Gasteiger partial charge < -0.3 is 26.4 Å². The number of nitrogens with one attached hydrogen (secondary N) is 2. The molecule has 8 nitrogen and oxygen atoms in total. The summed E-state index contributed by atoms with van der Waals surface area (Å²) in [5, 5.41) is 17.3. The highest BCUT2D eigenvalue weighted by atomic mass is 19.1. The van der Waals surface area contributed by atoms with Gasteiger partial charge in [0.05, 0.1) is 6.10 Å². The average molecular weight is 535 g/mol. The van der Waals surface area contributed by atoms with E-state index in [9.17, 15) is 23.9 Å². The molecule has 9 heteroatoms. The Balaban J connectivity index is 1.47. The van der Waals surface area contributed by atoms with Gasteiger partial charge in [-0.25, -0.2) is 4.39 Å². The van der Waals surface area contributed by atoms with Crippen LogP contribution in [0.15, 0.2) is 60.7 Å². The molecule has 2 unspecified atom stereocenters. The number of nitrogens with two attached hydrogens (primary N) is 1. The van der Waals surface area contributed by atoms with E-state index in [1.807, 2.05) is 42.5 Å². The summed E-state index contributed by atoms with van der Waals surface area (Å²) in [4.78, 5) is 40.5. The summed E-state index contributed by atoms with van der Waals surface area (Å²) < 4.78 is 14.1. The number of carbonyl (C=O) groups excluding carboxylic acids is 3. The van der Waals surface area contributed by atoms with Crippen LogP contribution < -0.4 is 21.3 Å². The maximum absolute atomic E-state index is 14.1. The zero-order chi connectivity index (χ0) is 27.8. The molecule has 0 saturated heterocycles. The van der Waals surface area contributed by atoms with Gasteiger partial charge in [-0.2, -0.15) is 0 Å². The fourth-order valence-electron chi connectivity index (χ4n) is 4.82. The number of amides is 3. The topological polar surface area (TPSA) is 125 Å². The third kappa shape index (κ3) is 7.61. The summed E-state index contributed by atoms with van der Waals surface area (Å²) in [5.41, 5.74) is 7.68. The number of anilines is 1. The Morgan fingerprint density at radius 1 is 1.03 bits per heavy atom. The number of hydrogen-bond acceptors (Lipinski definition) is 5. The molecule has 0 radical (unpaired) electrons. The first-order chi connectivity index (χ1) is 18.8. The van der Waals surface area contributed by atoms with Crippen molar-refractivity contribution < 1.29 is 23.9 Å². The second-order valence-corrected chi connectivity index (χ2v) is 9.92. The van der Waals surface area contributed by atoms with Gasteiger partial charge >= 0.3 is 0 Å². The van der Waals surface area contributed by atoms with Crippen LogP contribution in [0.4, 0.5) is 10.1 Å². The first-order valence-electron chi connectivity index (χ1n) is 13.4. The van der Waals surface area contributed by atoms with Gasteiger partial charge in [0.15, 0.2) is 0 Å². The number of fused-ring (bicyclic) bond motifs is 2. The molecule has 3 amide bonds. The number of rotatable bonds is 10. The number of benzene rings is 3. The largest absolute Gasteiger partial charge is 0.390 e. The van der Waals surface area contributed by atoms with Crippen LogP contribution in [-0.4, -0.2) is 54.6 Å². The molecule has 4 rings (SSSR count). The van der Waals surface area contributed by atoms with Crippen molar-refractivity contribution in [2.75, 3.05) is 24.5 Å². The molecule has 1 aliphatic rings. The Morgan fingerprint density at radius 3 is 2.59 bits per heavy atom. The summed E-state index contributed by atoms with van der Waals surface area (Å²) >= 11 is 0. The number of nitrogens with zero attached hydrogens (tertiary/aromatic N) is 1. The third-order valence-corrected chi connectivity index (χ3v) is 6.98. The van der Waals surface area contributed by atoms with E-state index >= 15 is 0 Å². The molecule has 0 aliphatic carbocycles. The molecule has 39 heavy (non-hydrogen) atoms. The molecule has 1 aliphatic heterocycles. The van der Waals surface area contributed by atoms with E-state index in [0.29, 0.717) is 12.1 Å². The number of aliphatic hydroxyl groups excluding tert-OH is 1. The van der Waals surface area contributed by atoms with Crippen LogP contribution in [0.2, 0.25) is 0 Å². The second-order valence-electron chi connectivity index (χ2n) is 9.92. The van der Waals surface area contributed by atoms with E-state index in [4.69, 9.17) is 5.73 Å². The fourth-order valence-corrected chi connectivity index (χ4v) is 4.82. The lowest BCUT2D eigenvalue weighted by Gasteiger charge is -2.28. The highest BCUT2D eigenvalue weighted by molar-refractivity contribution is 5.95. The van der Waals surface area contributed by atoms with Crippen LogP contribution in [0.1, 0.15) is 36.8 Å². The lowest BCUT2D eigenvalue weighted by molar-refractivity contribution is -0.129. The molecule has 206 valence electrons. The Hall–Kier alpha value is -3.82. The van der Waals surface area contributed by atoms with Crippen LogP contribution >= 0.6 is 0 Å². The minimum absolute atomic E-state index is 0.00604. The van der Waals surface area contributed by atoms with E-state index < -0.39 is 29.8 Å². The van der Waals surface area contributed by atoms with Gasteiger partial charge in [-0.3, -0.25) is 14.4 Å². The highest BCUT2D eigenvalue weighted by Crippen LogP contribution is 2.27. The van der Waals surface area contributed by atoms with E-state index in [-0.39, 0.29) is 38.4 Å². The van der Waals surface area contributed by atoms with Gasteiger partial charge in [-0.1, -0.05) is 48.5 Å². The summed E-state index contributed by atoms with van der Waals surface area (Å²) in [7, 11) is 0. The Labute approximate surface area is 227 Å². The van der Waals surface area contributed by atoms with Crippen molar-refractivity contribution in [2.24, 2.45) is 5.73 Å². The quantitative estimate of drug-likeness (QED) is 0.318. The molecule has 5 N–H and O–H groups in total. The summed E-state index contributed by atoms with van der Waals surface area (Å²) in [5.74, 6) is -1.46. The molecular formula is C30H35FN4O4. The van der Waals surface area contributed by atoms with Gasteiger partial charge in [0, 0.05) is 44.6 Å². The monoisotopic (exact) mass is 534 g/mol. The van der Waals surface area contributed by atoms with Crippen molar-refractivity contribution in [3.63, 3.8) is 0 Å². The Morgan fingerprint density at radius 2 is 1.79 bits per heavy atom. The fraction of sp³-hybridized carbons (Fsp3) is 0.367. The van der Waals surface area contributed by atoms with Gasteiger partial charge in [0.25, 0.3) is 0 Å². The van der Waals surface area contributed by atoms with Crippen LogP contribution in [0.25, 0.3) is 10.8 Å². The number of carbonyl (C=O) groups is 3. The lowest BCUT2D eigenvalue weighted by Crippen LogP contribution is -2.50. The zero-order valence-corrected chi connectivity index (χ0v) is 21.9. The first kappa shape index (κ1) is 28.2. The van der Waals surface area contributed by atoms with Crippen molar-refractivity contribution in [3.05, 3.63) is 77.6 Å². The first-order valence-corrected chi connectivity index (χ1v) is 13.4. The standard InChI is InChI=1S/C30H35FN4O4/c31-24-12-11-22-6-3-4-8-29(38)35(27(22)17-24)14-13-28(37)34-26(30(39)33-19-25(36)18-32)16-20-9-10-21-5-1-2-7-23(21)15-20/h1-2,5,7,9-12,15,17,25-26,36H,3-4,6,8,13-14,16,18-19,32H2,(H,33,39)(H,34,37). The normalized spacial score (nSPS) is 15.2. The predicted molar refractivity (Wildman–Crippen MR) is 149 cm³/mol. The highest BCUT2D eigenvalue weighted by Gasteiger charge is 2.25. The molecule has 0 bridgehead atoms. The minimum atomic E-state index is -0.906. The van der Waals surface area contributed by atoms with Crippen molar-refractivity contribution in [2.45, 2.75) is 50.7 Å². The molecule has 3 aromatic carbocycles. The predicted octanol–water partition coefficient (Wildman–Crippen LogP) is 2.59. The van der Waals surface area contributed by atoms with Crippen molar-refractivity contribution >= 4 is 34.2 Å². The summed E-state index contributed by atoms with van der Waals surface area (Å²) in [6.45, 7) is 0.0231. The van der Waals surface area contributed by atoms with E-state index in [2.05, 4.69) is 10.6 Å². The van der Waals surface area contributed by atoms with Crippen LogP contribution in [0, 0.1) is 5.82 Å². The molecule has 0 spiro atoms. The maximum atomic E-state index is 14.1. The molecule has 1 heterocycles. The van der Waals surface area contributed by atoms with Crippen molar-refractivity contribution in [1.29, 1.82) is 0 Å². The smallest absolute Gasteiger partial charge is 0.243 e. The zero-order valence-electron chi connectivity index (χ0n) is 21.9. The number of aliphatic hydroxyl groups is 1. The molecule has 3 aromatic rings. The van der Waals surface area contributed by atoms with Crippen molar-refractivity contribution in [3.8, 4) is 0 Å². The van der Waals surface area contributed by atoms with E-state index in [1.54, 1.807) is 6.07 Å². The SMILES string of the molecule is NCC(O)CNC(=O)C(Cc1ccc2ccccc2c1)NC(=O)CCN1C(=O)CCCCc2ccc(F)cc21.